The molecule has 3 aromatic rings. The van der Waals surface area contributed by atoms with Crippen molar-refractivity contribution in [1.82, 2.24) is 19.8 Å². The van der Waals surface area contributed by atoms with E-state index in [1.807, 2.05) is 24.3 Å². The summed E-state index contributed by atoms with van der Waals surface area (Å²) in [6, 6.07) is 18.3. The van der Waals surface area contributed by atoms with Gasteiger partial charge in [0.25, 0.3) is 0 Å². The SMILES string of the molecule is Cc1cccc(-n2cccc2C2C(c3ccccn3)NC(=S)N2CCO)c1. The van der Waals surface area contributed by atoms with Crippen LogP contribution in [-0.4, -0.2) is 37.8 Å². The monoisotopic (exact) mass is 378 g/mol. The second-order valence-corrected chi connectivity index (χ2v) is 7.07. The summed E-state index contributed by atoms with van der Waals surface area (Å²) in [7, 11) is 0. The first-order valence-corrected chi connectivity index (χ1v) is 9.43. The highest BCUT2D eigenvalue weighted by atomic mass is 32.1. The van der Waals surface area contributed by atoms with Crippen LogP contribution < -0.4 is 5.32 Å². The molecule has 4 rings (SSSR count). The van der Waals surface area contributed by atoms with Crippen molar-refractivity contribution >= 4 is 17.3 Å². The maximum atomic E-state index is 9.59. The summed E-state index contributed by atoms with van der Waals surface area (Å²) in [6.45, 7) is 2.60. The summed E-state index contributed by atoms with van der Waals surface area (Å²) < 4.78 is 2.19. The fourth-order valence-corrected chi connectivity index (χ4v) is 4.06. The van der Waals surface area contributed by atoms with Crippen LogP contribution >= 0.6 is 12.2 Å². The summed E-state index contributed by atoms with van der Waals surface area (Å²) in [5.74, 6) is 0. The highest BCUT2D eigenvalue weighted by Crippen LogP contribution is 2.39. The molecule has 0 amide bonds. The van der Waals surface area contributed by atoms with E-state index in [2.05, 4.69) is 63.2 Å². The number of β-amino-alcohol motifs (C(OH)–C–C–N with tert-alkyl or cyclic N) is 1. The molecule has 2 aromatic heterocycles. The molecule has 1 aliphatic heterocycles. The van der Waals surface area contributed by atoms with E-state index in [4.69, 9.17) is 12.2 Å². The van der Waals surface area contributed by atoms with Gasteiger partial charge in [0.1, 0.15) is 0 Å². The Morgan fingerprint density at radius 3 is 2.78 bits per heavy atom. The second-order valence-electron chi connectivity index (χ2n) is 6.69. The van der Waals surface area contributed by atoms with Gasteiger partial charge in [-0.1, -0.05) is 18.2 Å². The van der Waals surface area contributed by atoms with Crippen molar-refractivity contribution in [2.24, 2.45) is 0 Å². The minimum atomic E-state index is -0.0799. The number of aliphatic hydroxyl groups excluding tert-OH is 1. The minimum Gasteiger partial charge on any atom is -0.395 e. The molecule has 1 fully saturated rings. The van der Waals surface area contributed by atoms with Crippen molar-refractivity contribution < 1.29 is 5.11 Å². The van der Waals surface area contributed by atoms with Gasteiger partial charge in [0, 0.05) is 30.3 Å². The number of hydrogen-bond acceptors (Lipinski definition) is 3. The lowest BCUT2D eigenvalue weighted by Crippen LogP contribution is -2.32. The Morgan fingerprint density at radius 2 is 2.04 bits per heavy atom. The van der Waals surface area contributed by atoms with Crippen LogP contribution in [0.2, 0.25) is 0 Å². The molecule has 0 saturated carbocycles. The molecule has 27 heavy (non-hydrogen) atoms. The molecule has 138 valence electrons. The zero-order valence-corrected chi connectivity index (χ0v) is 15.9. The number of pyridine rings is 1. The molecular weight excluding hydrogens is 356 g/mol. The normalized spacial score (nSPS) is 19.3. The number of thiocarbonyl (C=S) groups is 1. The quantitative estimate of drug-likeness (QED) is 0.668. The second kappa shape index (κ2) is 7.50. The number of aliphatic hydroxyl groups is 1. The number of aromatic nitrogens is 2. The Bertz CT molecular complexity index is 940. The van der Waals surface area contributed by atoms with Crippen molar-refractivity contribution in [3.8, 4) is 5.69 Å². The number of nitrogens with one attached hydrogen (secondary N) is 1. The van der Waals surface area contributed by atoms with E-state index in [0.29, 0.717) is 11.7 Å². The lowest BCUT2D eigenvalue weighted by molar-refractivity contribution is 0.220. The van der Waals surface area contributed by atoms with Gasteiger partial charge in [-0.05, 0) is 61.1 Å². The lowest BCUT2D eigenvalue weighted by atomic mass is 10.0. The molecule has 5 nitrogen and oxygen atoms in total. The fourth-order valence-electron chi connectivity index (χ4n) is 3.72. The molecule has 1 aliphatic rings. The number of hydrogen-bond donors (Lipinski definition) is 2. The number of benzene rings is 1. The molecule has 1 aromatic carbocycles. The Labute approximate surface area is 164 Å². The zero-order valence-electron chi connectivity index (χ0n) is 15.1. The van der Waals surface area contributed by atoms with Crippen LogP contribution in [0.5, 0.6) is 0 Å². The van der Waals surface area contributed by atoms with Gasteiger partial charge < -0.3 is 19.9 Å². The van der Waals surface area contributed by atoms with E-state index < -0.39 is 0 Å². The van der Waals surface area contributed by atoms with Crippen LogP contribution in [0.15, 0.2) is 67.0 Å². The van der Waals surface area contributed by atoms with Crippen LogP contribution in [0.1, 0.15) is 29.0 Å². The van der Waals surface area contributed by atoms with Crippen LogP contribution in [-0.2, 0) is 0 Å². The van der Waals surface area contributed by atoms with Crippen molar-refractivity contribution in [2.75, 3.05) is 13.2 Å². The topological polar surface area (TPSA) is 53.3 Å². The molecule has 3 heterocycles. The molecule has 0 spiro atoms. The molecule has 2 N–H and O–H groups in total. The van der Waals surface area contributed by atoms with E-state index in [1.165, 1.54) is 5.56 Å². The molecule has 6 heteroatoms. The first-order valence-electron chi connectivity index (χ1n) is 9.02. The first kappa shape index (κ1) is 17.7. The average molecular weight is 379 g/mol. The smallest absolute Gasteiger partial charge is 0.170 e. The van der Waals surface area contributed by atoms with Crippen molar-refractivity contribution in [3.05, 3.63) is 83.9 Å². The molecular formula is C21H22N4OS. The van der Waals surface area contributed by atoms with Gasteiger partial charge in [-0.25, -0.2) is 0 Å². The Morgan fingerprint density at radius 1 is 1.15 bits per heavy atom. The predicted molar refractivity (Wildman–Crippen MR) is 110 cm³/mol. The van der Waals surface area contributed by atoms with E-state index in [-0.39, 0.29) is 18.7 Å². The Hall–Kier alpha value is -2.70. The third-order valence-electron chi connectivity index (χ3n) is 4.90. The average Bonchev–Trinajstić information content (AvgIpc) is 3.28. The van der Waals surface area contributed by atoms with Crippen LogP contribution in [0, 0.1) is 6.92 Å². The summed E-state index contributed by atoms with van der Waals surface area (Å²) >= 11 is 5.58. The van der Waals surface area contributed by atoms with E-state index in [9.17, 15) is 5.11 Å². The Kier molecular flexibility index (Phi) is 4.92. The van der Waals surface area contributed by atoms with Gasteiger partial charge in [-0.2, -0.15) is 0 Å². The van der Waals surface area contributed by atoms with Gasteiger partial charge >= 0.3 is 0 Å². The highest BCUT2D eigenvalue weighted by molar-refractivity contribution is 7.80. The van der Waals surface area contributed by atoms with E-state index >= 15 is 0 Å². The fraction of sp³-hybridized carbons (Fsp3) is 0.238. The standard InChI is InChI=1S/C21H22N4OS/c1-15-6-4-7-16(14-15)24-11-5-9-18(24)20-19(17-8-2-3-10-22-17)23-21(27)25(20)12-13-26/h2-11,14,19-20,26H,12-13H2,1H3,(H,23,27). The predicted octanol–water partition coefficient (Wildman–Crippen LogP) is 3.15. The van der Waals surface area contributed by atoms with Gasteiger partial charge in [0.15, 0.2) is 5.11 Å². The first-order chi connectivity index (χ1) is 13.2. The number of nitrogens with zero attached hydrogens (tertiary/aromatic N) is 3. The maximum Gasteiger partial charge on any atom is 0.170 e. The molecule has 0 aliphatic carbocycles. The largest absolute Gasteiger partial charge is 0.395 e. The summed E-state index contributed by atoms with van der Waals surface area (Å²) in [4.78, 5) is 6.60. The summed E-state index contributed by atoms with van der Waals surface area (Å²) in [6.07, 6.45) is 3.86. The Balaban J connectivity index is 1.81. The highest BCUT2D eigenvalue weighted by Gasteiger charge is 2.40. The number of aryl methyl sites for hydroxylation is 1. The summed E-state index contributed by atoms with van der Waals surface area (Å²) in [5.41, 5.74) is 4.36. The van der Waals surface area contributed by atoms with Crippen LogP contribution in [0.4, 0.5) is 0 Å². The van der Waals surface area contributed by atoms with Crippen molar-refractivity contribution in [3.63, 3.8) is 0 Å². The molecule has 0 bridgehead atoms. The molecule has 0 radical (unpaired) electrons. The third-order valence-corrected chi connectivity index (χ3v) is 5.25. The van der Waals surface area contributed by atoms with Crippen molar-refractivity contribution in [1.29, 1.82) is 0 Å². The zero-order chi connectivity index (χ0) is 18.8. The van der Waals surface area contributed by atoms with Gasteiger partial charge in [0.05, 0.1) is 24.4 Å². The lowest BCUT2D eigenvalue weighted by Gasteiger charge is -2.28. The van der Waals surface area contributed by atoms with Gasteiger partial charge in [-0.15, -0.1) is 0 Å². The van der Waals surface area contributed by atoms with E-state index in [0.717, 1.165) is 17.1 Å². The number of rotatable bonds is 5. The van der Waals surface area contributed by atoms with Crippen molar-refractivity contribution in [2.45, 2.75) is 19.0 Å². The van der Waals surface area contributed by atoms with E-state index in [1.54, 1.807) is 6.20 Å². The minimum absolute atomic E-state index is 0.0401. The maximum absolute atomic E-state index is 9.59. The third kappa shape index (κ3) is 3.34. The molecule has 2 atom stereocenters. The molecule has 1 saturated heterocycles. The van der Waals surface area contributed by atoms with Gasteiger partial charge in [0.2, 0.25) is 0 Å². The van der Waals surface area contributed by atoms with Gasteiger partial charge in [-0.3, -0.25) is 4.98 Å². The molecule has 2 unspecified atom stereocenters. The van der Waals surface area contributed by atoms with Crippen LogP contribution in [0.3, 0.4) is 0 Å². The van der Waals surface area contributed by atoms with Crippen LogP contribution in [0.25, 0.3) is 5.69 Å². The summed E-state index contributed by atoms with van der Waals surface area (Å²) in [5, 5.41) is 13.6.